The molecule has 0 amide bonds. The number of aromatic nitrogens is 3. The molecule has 0 bridgehead atoms. The number of carbonyl (C=O) groups excluding carboxylic acids is 1. The van der Waals surface area contributed by atoms with Crippen molar-refractivity contribution in [3.05, 3.63) is 31.9 Å². The van der Waals surface area contributed by atoms with E-state index in [0.29, 0.717) is 25.1 Å². The fourth-order valence-corrected chi connectivity index (χ4v) is 3.63. The van der Waals surface area contributed by atoms with Crippen LogP contribution in [-0.2, 0) is 25.8 Å². The zero-order chi connectivity index (χ0) is 15.4. The van der Waals surface area contributed by atoms with Crippen molar-refractivity contribution in [2.75, 3.05) is 6.54 Å². The van der Waals surface area contributed by atoms with Crippen LogP contribution >= 0.6 is 27.3 Å². The lowest BCUT2D eigenvalue weighted by molar-refractivity contribution is 0.0986. The number of nitrogens with two attached hydrogens (primary N) is 1. The van der Waals surface area contributed by atoms with E-state index in [9.17, 15) is 4.79 Å². The van der Waals surface area contributed by atoms with E-state index in [4.69, 9.17) is 5.73 Å². The number of Topliss-reactive ketones (excluding diaryl/α,β-unsaturated/α-hetero) is 1. The normalized spacial score (nSPS) is 11.0. The number of halogens is 1. The minimum Gasteiger partial charge on any atom is -0.330 e. The molecule has 0 aliphatic rings. The maximum absolute atomic E-state index is 12.4. The molecule has 2 aromatic heterocycles. The van der Waals surface area contributed by atoms with Gasteiger partial charge in [-0.25, -0.2) is 4.98 Å². The molecule has 0 atom stereocenters. The zero-order valence-corrected chi connectivity index (χ0v) is 14.6. The number of hydrogen-bond acceptors (Lipinski definition) is 5. The highest BCUT2D eigenvalue weighted by molar-refractivity contribution is 9.10. The molecule has 2 N–H and O–H groups in total. The van der Waals surface area contributed by atoms with Gasteiger partial charge in [0, 0.05) is 18.3 Å². The molecule has 21 heavy (non-hydrogen) atoms. The Hall–Kier alpha value is -1.05. The van der Waals surface area contributed by atoms with Gasteiger partial charge in [0.25, 0.3) is 0 Å². The van der Waals surface area contributed by atoms with Crippen molar-refractivity contribution in [3.8, 4) is 0 Å². The monoisotopic (exact) mass is 370 g/mol. The average Bonchev–Trinajstić information content (AvgIpc) is 3.05. The second-order valence-corrected chi connectivity index (χ2v) is 6.38. The third kappa shape index (κ3) is 3.59. The number of nitrogens with zero attached hydrogens (tertiary/aromatic N) is 3. The van der Waals surface area contributed by atoms with Crippen LogP contribution in [0.15, 0.2) is 9.85 Å². The van der Waals surface area contributed by atoms with Crippen LogP contribution in [0.3, 0.4) is 0 Å². The van der Waals surface area contributed by atoms with Gasteiger partial charge in [0.05, 0.1) is 27.3 Å². The fraction of sp³-hybridized carbons (Fsp3) is 0.500. The zero-order valence-electron chi connectivity index (χ0n) is 12.2. The Kier molecular flexibility index (Phi) is 5.66. The predicted octanol–water partition coefficient (Wildman–Crippen LogP) is 2.61. The van der Waals surface area contributed by atoms with Crippen molar-refractivity contribution >= 4 is 33.0 Å². The van der Waals surface area contributed by atoms with Crippen molar-refractivity contribution in [1.82, 2.24) is 14.8 Å². The predicted molar refractivity (Wildman–Crippen MR) is 87.9 cm³/mol. The van der Waals surface area contributed by atoms with Crippen LogP contribution in [0.1, 0.15) is 40.7 Å². The summed E-state index contributed by atoms with van der Waals surface area (Å²) in [5.74, 6) is 0.0208. The molecule has 0 unspecified atom stereocenters. The van der Waals surface area contributed by atoms with Crippen LogP contribution in [0.2, 0.25) is 0 Å². The first-order valence-electron chi connectivity index (χ1n) is 7.02. The van der Waals surface area contributed by atoms with Crippen molar-refractivity contribution in [3.63, 3.8) is 0 Å². The summed E-state index contributed by atoms with van der Waals surface area (Å²) in [6.45, 7) is 5.37. The maximum Gasteiger partial charge on any atom is 0.188 e. The lowest BCUT2D eigenvalue weighted by Crippen LogP contribution is -2.11. The number of hydrogen-bond donors (Lipinski definition) is 1. The first-order chi connectivity index (χ1) is 10.1. The minimum absolute atomic E-state index is 0.0208. The molecule has 0 radical (unpaired) electrons. The summed E-state index contributed by atoms with van der Waals surface area (Å²) in [7, 11) is 0. The molecule has 2 rings (SSSR count). The summed E-state index contributed by atoms with van der Waals surface area (Å²) in [4.78, 5) is 16.8. The Balaban J connectivity index is 2.20. The van der Waals surface area contributed by atoms with Gasteiger partial charge < -0.3 is 5.73 Å². The molecule has 0 spiro atoms. The molecular weight excluding hydrogens is 352 g/mol. The van der Waals surface area contributed by atoms with E-state index in [-0.39, 0.29) is 5.78 Å². The molecule has 0 saturated carbocycles. The third-order valence-corrected chi connectivity index (χ3v) is 5.04. The van der Waals surface area contributed by atoms with Crippen molar-refractivity contribution in [2.24, 2.45) is 5.73 Å². The first-order valence-corrected chi connectivity index (χ1v) is 8.69. The molecule has 7 heteroatoms. The Morgan fingerprint density at radius 1 is 1.48 bits per heavy atom. The Morgan fingerprint density at radius 2 is 2.24 bits per heavy atom. The second-order valence-electron chi connectivity index (χ2n) is 4.64. The summed E-state index contributed by atoms with van der Waals surface area (Å²) in [6, 6.07) is 0. The Labute approximate surface area is 136 Å². The molecule has 0 aliphatic carbocycles. The molecule has 0 aromatic carbocycles. The standard InChI is InChI=1S/C14H19BrN4OS/c1-3-9-14(15)11(19(4-2)18-9)7-12(20)10-8-21-13(17-10)5-6-16/h8H,3-7,16H2,1-2H3. The van der Waals surface area contributed by atoms with E-state index in [1.165, 1.54) is 11.3 Å². The SMILES string of the molecule is CCc1nn(CC)c(CC(=O)c2csc(CCN)n2)c1Br. The van der Waals surface area contributed by atoms with Crippen molar-refractivity contribution < 1.29 is 4.79 Å². The molecule has 0 saturated heterocycles. The molecule has 2 heterocycles. The van der Waals surface area contributed by atoms with Crippen molar-refractivity contribution in [1.29, 1.82) is 0 Å². The smallest absolute Gasteiger partial charge is 0.188 e. The largest absolute Gasteiger partial charge is 0.330 e. The summed E-state index contributed by atoms with van der Waals surface area (Å²) >= 11 is 5.06. The second kappa shape index (κ2) is 7.29. The molecule has 0 fully saturated rings. The summed E-state index contributed by atoms with van der Waals surface area (Å²) in [5.41, 5.74) is 7.95. The van der Waals surface area contributed by atoms with E-state index >= 15 is 0 Å². The van der Waals surface area contributed by atoms with Gasteiger partial charge in [-0.1, -0.05) is 6.92 Å². The number of aryl methyl sites for hydroxylation is 2. The number of thiazole rings is 1. The Bertz CT molecular complexity index is 635. The first kappa shape index (κ1) is 16.3. The van der Waals surface area contributed by atoms with Crippen LogP contribution in [-0.4, -0.2) is 27.1 Å². The van der Waals surface area contributed by atoms with E-state index < -0.39 is 0 Å². The van der Waals surface area contributed by atoms with E-state index in [2.05, 4.69) is 32.9 Å². The van der Waals surface area contributed by atoms with E-state index in [1.807, 2.05) is 17.0 Å². The van der Waals surface area contributed by atoms with E-state index in [1.54, 1.807) is 0 Å². The van der Waals surface area contributed by atoms with Gasteiger partial charge in [0.1, 0.15) is 5.69 Å². The summed E-state index contributed by atoms with van der Waals surface area (Å²) < 4.78 is 2.83. The van der Waals surface area contributed by atoms with Gasteiger partial charge >= 0.3 is 0 Å². The van der Waals surface area contributed by atoms with Gasteiger partial charge in [-0.2, -0.15) is 5.10 Å². The van der Waals surface area contributed by atoms with Crippen LogP contribution < -0.4 is 5.73 Å². The molecular formula is C14H19BrN4OS. The van der Waals surface area contributed by atoms with Crippen LogP contribution in [0.25, 0.3) is 0 Å². The topological polar surface area (TPSA) is 73.8 Å². The van der Waals surface area contributed by atoms with Gasteiger partial charge in [0.2, 0.25) is 0 Å². The lowest BCUT2D eigenvalue weighted by Gasteiger charge is -2.03. The van der Waals surface area contributed by atoms with E-state index in [0.717, 1.165) is 33.8 Å². The van der Waals surface area contributed by atoms with Gasteiger partial charge in [-0.05, 0) is 35.8 Å². The minimum atomic E-state index is 0.0208. The average molecular weight is 371 g/mol. The van der Waals surface area contributed by atoms with Crippen molar-refractivity contribution in [2.45, 2.75) is 39.7 Å². The highest BCUT2D eigenvalue weighted by Gasteiger charge is 2.19. The third-order valence-electron chi connectivity index (χ3n) is 3.22. The molecule has 114 valence electrons. The number of ketones is 1. The maximum atomic E-state index is 12.4. The lowest BCUT2D eigenvalue weighted by atomic mass is 10.1. The number of rotatable bonds is 7. The highest BCUT2D eigenvalue weighted by Crippen LogP contribution is 2.24. The molecule has 2 aromatic rings. The molecule has 0 aliphatic heterocycles. The van der Waals surface area contributed by atoms with Crippen LogP contribution in [0.5, 0.6) is 0 Å². The summed E-state index contributed by atoms with van der Waals surface area (Å²) in [6.07, 6.45) is 1.87. The van der Waals surface area contributed by atoms with Gasteiger partial charge in [-0.15, -0.1) is 11.3 Å². The Morgan fingerprint density at radius 3 is 2.86 bits per heavy atom. The van der Waals surface area contributed by atoms with Gasteiger partial charge in [-0.3, -0.25) is 9.48 Å². The summed E-state index contributed by atoms with van der Waals surface area (Å²) in [5, 5.41) is 7.24. The van der Waals surface area contributed by atoms with Crippen LogP contribution in [0.4, 0.5) is 0 Å². The van der Waals surface area contributed by atoms with Gasteiger partial charge in [0.15, 0.2) is 5.78 Å². The fourth-order valence-electron chi connectivity index (χ4n) is 2.11. The number of carbonyl (C=O) groups is 1. The quantitative estimate of drug-likeness (QED) is 0.760. The van der Waals surface area contributed by atoms with Crippen LogP contribution in [0, 0.1) is 0 Å². The molecule has 5 nitrogen and oxygen atoms in total. The highest BCUT2D eigenvalue weighted by atomic mass is 79.9.